The Balaban J connectivity index is 1.60. The highest BCUT2D eigenvalue weighted by Crippen LogP contribution is 2.35. The van der Waals surface area contributed by atoms with Crippen molar-refractivity contribution >= 4 is 17.2 Å². The minimum absolute atomic E-state index is 0.0662. The summed E-state index contributed by atoms with van der Waals surface area (Å²) in [5, 5.41) is 4.12. The van der Waals surface area contributed by atoms with Gasteiger partial charge in [-0.25, -0.2) is 4.39 Å². The highest BCUT2D eigenvalue weighted by Gasteiger charge is 2.35. The summed E-state index contributed by atoms with van der Waals surface area (Å²) in [7, 11) is 0. The van der Waals surface area contributed by atoms with Crippen LogP contribution in [0.2, 0.25) is 0 Å². The molecule has 4 rings (SSSR count). The Morgan fingerprint density at radius 3 is 2.48 bits per heavy atom. The van der Waals surface area contributed by atoms with Crippen LogP contribution in [0.1, 0.15) is 39.2 Å². The fraction of sp³-hybridized carbons (Fsp3) is 0.348. The summed E-state index contributed by atoms with van der Waals surface area (Å²) in [6, 6.07) is 10.6. The number of carbonyl (C=O) groups excluding carboxylic acids is 1. The molecule has 1 aliphatic heterocycles. The van der Waals surface area contributed by atoms with E-state index in [-0.39, 0.29) is 17.1 Å². The molecule has 3 heterocycles. The van der Waals surface area contributed by atoms with Gasteiger partial charge in [-0.1, -0.05) is 12.1 Å². The van der Waals surface area contributed by atoms with Gasteiger partial charge in [0.15, 0.2) is 0 Å². The largest absolute Gasteiger partial charge is 0.381 e. The predicted octanol–water partition coefficient (Wildman–Crippen LogP) is 4.77. The van der Waals surface area contributed by atoms with Gasteiger partial charge >= 0.3 is 0 Å². The molecule has 1 saturated heterocycles. The maximum absolute atomic E-state index is 13.4. The first-order chi connectivity index (χ1) is 14.0. The Hall–Kier alpha value is -2.44. The van der Waals surface area contributed by atoms with Crippen molar-refractivity contribution in [1.29, 1.82) is 0 Å². The van der Waals surface area contributed by atoms with E-state index in [9.17, 15) is 9.18 Å². The number of nitrogens with zero attached hydrogens (tertiary/aromatic N) is 1. The average Bonchev–Trinajstić information content (AvgIpc) is 3.36. The second-order valence-electron chi connectivity index (χ2n) is 7.64. The second-order valence-corrected chi connectivity index (χ2v) is 8.84. The third kappa shape index (κ3) is 3.87. The molecule has 0 atom stereocenters. The monoisotopic (exact) mass is 412 g/mol. The summed E-state index contributed by atoms with van der Waals surface area (Å²) in [5.74, 6) is -0.315. The number of thiophene rings is 1. The van der Waals surface area contributed by atoms with E-state index in [2.05, 4.69) is 5.32 Å². The maximum Gasteiger partial charge on any atom is 0.254 e. The van der Waals surface area contributed by atoms with Gasteiger partial charge in [-0.15, -0.1) is 11.3 Å². The van der Waals surface area contributed by atoms with Crippen molar-refractivity contribution in [3.63, 3.8) is 0 Å². The third-order valence-corrected chi connectivity index (χ3v) is 7.15. The lowest BCUT2D eigenvalue weighted by atomic mass is 9.74. The standard InChI is InChI=1S/C23H25FN2O2S/c1-16-17(2)29-22(26-11-3-4-12-26)20(16)21(27)25-15-23(9-13-28-14-10-23)18-5-7-19(24)8-6-18/h3-8,11-12H,9-10,13-15H2,1-2H3,(H,25,27). The fourth-order valence-electron chi connectivity index (χ4n) is 4.00. The summed E-state index contributed by atoms with van der Waals surface area (Å²) < 4.78 is 21.0. The molecule has 0 aliphatic carbocycles. The van der Waals surface area contributed by atoms with Crippen LogP contribution in [0.3, 0.4) is 0 Å². The van der Waals surface area contributed by atoms with Crippen LogP contribution in [-0.2, 0) is 10.2 Å². The molecule has 1 N–H and O–H groups in total. The number of carbonyl (C=O) groups is 1. The van der Waals surface area contributed by atoms with Crippen molar-refractivity contribution in [2.75, 3.05) is 19.8 Å². The first kappa shape index (κ1) is 19.9. The third-order valence-electron chi connectivity index (χ3n) is 5.93. The zero-order chi connectivity index (χ0) is 20.4. The number of aryl methyl sites for hydroxylation is 1. The van der Waals surface area contributed by atoms with Gasteiger partial charge in [0.25, 0.3) is 5.91 Å². The summed E-state index contributed by atoms with van der Waals surface area (Å²) in [6.07, 6.45) is 5.51. The van der Waals surface area contributed by atoms with Gasteiger partial charge in [-0.05, 0) is 62.1 Å². The molecule has 1 aromatic carbocycles. The number of ether oxygens (including phenoxy) is 1. The van der Waals surface area contributed by atoms with E-state index in [0.717, 1.165) is 39.4 Å². The number of halogens is 1. The zero-order valence-corrected chi connectivity index (χ0v) is 17.5. The minimum atomic E-state index is -0.249. The lowest BCUT2D eigenvalue weighted by Gasteiger charge is -2.38. The molecule has 2 aromatic heterocycles. The number of benzene rings is 1. The molecule has 0 spiro atoms. The van der Waals surface area contributed by atoms with Gasteiger partial charge in [0.2, 0.25) is 0 Å². The highest BCUT2D eigenvalue weighted by atomic mass is 32.1. The maximum atomic E-state index is 13.4. The van der Waals surface area contributed by atoms with Gasteiger partial charge in [0.1, 0.15) is 10.8 Å². The Morgan fingerprint density at radius 2 is 1.83 bits per heavy atom. The second kappa shape index (κ2) is 8.13. The lowest BCUT2D eigenvalue weighted by Crippen LogP contribution is -2.44. The molecule has 152 valence electrons. The van der Waals surface area contributed by atoms with E-state index in [1.54, 1.807) is 11.3 Å². The predicted molar refractivity (Wildman–Crippen MR) is 114 cm³/mol. The molecule has 6 heteroatoms. The molecule has 3 aromatic rings. The van der Waals surface area contributed by atoms with Crippen molar-refractivity contribution in [2.24, 2.45) is 0 Å². The Morgan fingerprint density at radius 1 is 1.17 bits per heavy atom. The van der Waals surface area contributed by atoms with Crippen LogP contribution in [0.4, 0.5) is 4.39 Å². The van der Waals surface area contributed by atoms with Crippen molar-refractivity contribution < 1.29 is 13.9 Å². The first-order valence-corrected chi connectivity index (χ1v) is 10.7. The highest BCUT2D eigenvalue weighted by molar-refractivity contribution is 7.15. The smallest absolute Gasteiger partial charge is 0.254 e. The van der Waals surface area contributed by atoms with Crippen LogP contribution in [0.15, 0.2) is 48.8 Å². The molecule has 0 radical (unpaired) electrons. The van der Waals surface area contributed by atoms with E-state index in [1.165, 1.54) is 12.1 Å². The number of hydrogen-bond donors (Lipinski definition) is 1. The number of nitrogens with one attached hydrogen (secondary N) is 1. The first-order valence-electron chi connectivity index (χ1n) is 9.85. The molecule has 4 nitrogen and oxygen atoms in total. The minimum Gasteiger partial charge on any atom is -0.381 e. The van der Waals surface area contributed by atoms with Crippen LogP contribution in [0, 0.1) is 19.7 Å². The van der Waals surface area contributed by atoms with E-state index < -0.39 is 0 Å². The molecular formula is C23H25FN2O2S. The number of hydrogen-bond acceptors (Lipinski definition) is 3. The van der Waals surface area contributed by atoms with E-state index in [1.807, 2.05) is 55.1 Å². The summed E-state index contributed by atoms with van der Waals surface area (Å²) >= 11 is 1.63. The number of aromatic nitrogens is 1. The SMILES string of the molecule is Cc1sc(-n2cccc2)c(C(=O)NCC2(c3ccc(F)cc3)CCOCC2)c1C. The molecular weight excluding hydrogens is 387 g/mol. The molecule has 0 unspecified atom stereocenters. The molecule has 1 fully saturated rings. The van der Waals surface area contributed by atoms with E-state index in [0.29, 0.717) is 19.8 Å². The van der Waals surface area contributed by atoms with E-state index >= 15 is 0 Å². The molecule has 29 heavy (non-hydrogen) atoms. The Labute approximate surface area is 174 Å². The van der Waals surface area contributed by atoms with Crippen molar-refractivity contribution in [3.8, 4) is 5.00 Å². The van der Waals surface area contributed by atoms with Gasteiger partial charge in [-0.2, -0.15) is 0 Å². The van der Waals surface area contributed by atoms with Crippen molar-refractivity contribution in [3.05, 3.63) is 76.2 Å². The summed E-state index contributed by atoms with van der Waals surface area (Å²) in [4.78, 5) is 14.4. The molecule has 0 bridgehead atoms. The topological polar surface area (TPSA) is 43.3 Å². The van der Waals surface area contributed by atoms with Crippen molar-refractivity contribution in [2.45, 2.75) is 32.1 Å². The van der Waals surface area contributed by atoms with E-state index in [4.69, 9.17) is 4.74 Å². The van der Waals surface area contributed by atoms with Gasteiger partial charge in [0, 0.05) is 42.4 Å². The summed E-state index contributed by atoms with van der Waals surface area (Å²) in [5.41, 5.74) is 2.55. The average molecular weight is 413 g/mol. The van der Waals surface area contributed by atoms with Crippen LogP contribution < -0.4 is 5.32 Å². The van der Waals surface area contributed by atoms with Gasteiger partial charge in [0.05, 0.1) is 5.56 Å². The van der Waals surface area contributed by atoms with Crippen LogP contribution in [0.5, 0.6) is 0 Å². The molecule has 1 aliphatic rings. The number of rotatable bonds is 5. The summed E-state index contributed by atoms with van der Waals surface area (Å²) in [6.45, 7) is 5.82. The quantitative estimate of drug-likeness (QED) is 0.656. The van der Waals surface area contributed by atoms with Crippen LogP contribution in [-0.4, -0.2) is 30.2 Å². The lowest BCUT2D eigenvalue weighted by molar-refractivity contribution is 0.0487. The fourth-order valence-corrected chi connectivity index (χ4v) is 5.12. The van der Waals surface area contributed by atoms with Gasteiger partial charge < -0.3 is 14.6 Å². The Kier molecular flexibility index (Phi) is 5.56. The van der Waals surface area contributed by atoms with Gasteiger partial charge in [-0.3, -0.25) is 4.79 Å². The normalized spacial score (nSPS) is 16.0. The molecule has 0 saturated carbocycles. The Bertz CT molecular complexity index is 987. The van der Waals surface area contributed by atoms with Crippen LogP contribution >= 0.6 is 11.3 Å². The van der Waals surface area contributed by atoms with Crippen molar-refractivity contribution in [1.82, 2.24) is 9.88 Å². The zero-order valence-electron chi connectivity index (χ0n) is 16.7. The molecule has 1 amide bonds. The number of amides is 1. The van der Waals surface area contributed by atoms with Crippen LogP contribution in [0.25, 0.3) is 5.00 Å².